The van der Waals surface area contributed by atoms with Gasteiger partial charge in [-0.3, -0.25) is 14.4 Å². The van der Waals surface area contributed by atoms with E-state index in [4.69, 9.17) is 4.74 Å². The maximum Gasteiger partial charge on any atom is 0.240 e. The van der Waals surface area contributed by atoms with Crippen molar-refractivity contribution in [1.29, 1.82) is 0 Å². The molecule has 3 aliphatic rings. The predicted molar refractivity (Wildman–Crippen MR) is 127 cm³/mol. The molecular formula is C28H22N2O4. The zero-order valence-electron chi connectivity index (χ0n) is 18.5. The second-order valence-corrected chi connectivity index (χ2v) is 8.77. The number of nitrogens with zero attached hydrogens (tertiary/aromatic N) is 2. The summed E-state index contributed by atoms with van der Waals surface area (Å²) in [7, 11) is 1.57. The highest BCUT2D eigenvalue weighted by Gasteiger charge is 2.64. The molecule has 3 aromatic carbocycles. The van der Waals surface area contributed by atoms with Crippen molar-refractivity contribution in [3.63, 3.8) is 0 Å². The molecule has 3 aromatic rings. The third kappa shape index (κ3) is 2.85. The van der Waals surface area contributed by atoms with E-state index in [1.54, 1.807) is 55.6 Å². The molecule has 0 aromatic heterocycles. The molecule has 0 N–H and O–H groups in total. The van der Waals surface area contributed by atoms with Crippen molar-refractivity contribution in [2.45, 2.75) is 12.1 Å². The fraction of sp³-hybridized carbons (Fsp3) is 0.179. The number of hydrogen-bond donors (Lipinski definition) is 0. The molecule has 0 aliphatic carbocycles. The van der Waals surface area contributed by atoms with Crippen molar-refractivity contribution in [3.8, 4) is 5.75 Å². The third-order valence-electron chi connectivity index (χ3n) is 7.12. The summed E-state index contributed by atoms with van der Waals surface area (Å²) in [6, 6.07) is 22.5. The Balaban J connectivity index is 1.48. The van der Waals surface area contributed by atoms with E-state index < -0.39 is 17.9 Å². The van der Waals surface area contributed by atoms with E-state index in [2.05, 4.69) is 0 Å². The molecule has 6 heteroatoms. The Hall–Kier alpha value is -4.19. The molecule has 2 amide bonds. The van der Waals surface area contributed by atoms with E-state index in [0.717, 1.165) is 11.1 Å². The van der Waals surface area contributed by atoms with Crippen LogP contribution >= 0.6 is 0 Å². The van der Waals surface area contributed by atoms with Crippen LogP contribution in [-0.4, -0.2) is 35.6 Å². The zero-order chi connectivity index (χ0) is 23.4. The van der Waals surface area contributed by atoms with Gasteiger partial charge < -0.3 is 9.64 Å². The topological polar surface area (TPSA) is 66.9 Å². The molecule has 0 spiro atoms. The van der Waals surface area contributed by atoms with Crippen LogP contribution in [0.5, 0.6) is 5.75 Å². The van der Waals surface area contributed by atoms with Crippen molar-refractivity contribution < 1.29 is 19.1 Å². The summed E-state index contributed by atoms with van der Waals surface area (Å²) in [6.45, 7) is 0. The lowest BCUT2D eigenvalue weighted by molar-refractivity contribution is -0.123. The Morgan fingerprint density at radius 1 is 0.824 bits per heavy atom. The van der Waals surface area contributed by atoms with E-state index in [1.807, 2.05) is 47.5 Å². The summed E-state index contributed by atoms with van der Waals surface area (Å²) in [5, 5.41) is 0. The minimum Gasteiger partial charge on any atom is -0.497 e. The van der Waals surface area contributed by atoms with E-state index >= 15 is 0 Å². The van der Waals surface area contributed by atoms with Crippen LogP contribution < -0.4 is 9.64 Å². The number of rotatable bonds is 4. The minimum atomic E-state index is -0.779. The molecule has 3 heterocycles. The van der Waals surface area contributed by atoms with Crippen LogP contribution in [0.3, 0.4) is 0 Å². The third-order valence-corrected chi connectivity index (χ3v) is 7.12. The monoisotopic (exact) mass is 450 g/mol. The normalized spacial score (nSPS) is 24.6. The summed E-state index contributed by atoms with van der Waals surface area (Å²) in [5.74, 6) is -1.54. The van der Waals surface area contributed by atoms with Gasteiger partial charge in [0.25, 0.3) is 0 Å². The first kappa shape index (κ1) is 20.4. The van der Waals surface area contributed by atoms with E-state index in [-0.39, 0.29) is 23.6 Å². The van der Waals surface area contributed by atoms with E-state index in [0.29, 0.717) is 17.0 Å². The molecule has 3 aliphatic heterocycles. The molecule has 0 bridgehead atoms. The average Bonchev–Trinajstić information content (AvgIpc) is 3.36. The first-order chi connectivity index (χ1) is 16.6. The maximum absolute atomic E-state index is 13.9. The molecule has 4 atom stereocenters. The predicted octanol–water partition coefficient (Wildman–Crippen LogP) is 4.09. The lowest BCUT2D eigenvalue weighted by Gasteiger charge is -2.35. The summed E-state index contributed by atoms with van der Waals surface area (Å²) in [5.41, 5.74) is 2.98. The number of hydrogen-bond acceptors (Lipinski definition) is 5. The van der Waals surface area contributed by atoms with Crippen molar-refractivity contribution in [2.24, 2.45) is 11.8 Å². The average molecular weight is 450 g/mol. The van der Waals surface area contributed by atoms with E-state index in [1.165, 1.54) is 4.90 Å². The molecule has 168 valence electrons. The Morgan fingerprint density at radius 3 is 2.24 bits per heavy atom. The molecule has 2 fully saturated rings. The number of fused-ring (bicyclic) bond motifs is 5. The Bertz CT molecular complexity index is 1330. The number of carbonyl (C=O) groups is 3. The lowest BCUT2D eigenvalue weighted by Crippen LogP contribution is -2.44. The van der Waals surface area contributed by atoms with Gasteiger partial charge in [-0.05, 0) is 53.6 Å². The number of amides is 2. The maximum atomic E-state index is 13.9. The molecule has 0 saturated carbocycles. The zero-order valence-corrected chi connectivity index (χ0v) is 18.5. The molecular weight excluding hydrogens is 428 g/mol. The molecule has 2 saturated heterocycles. The first-order valence-electron chi connectivity index (χ1n) is 11.3. The minimum absolute atomic E-state index is 0.180. The number of imide groups is 1. The highest BCUT2D eigenvalue weighted by atomic mass is 16.5. The summed E-state index contributed by atoms with van der Waals surface area (Å²) >= 11 is 0. The van der Waals surface area contributed by atoms with Crippen LogP contribution in [-0.2, 0) is 9.59 Å². The van der Waals surface area contributed by atoms with Gasteiger partial charge in [-0.1, -0.05) is 42.5 Å². The fourth-order valence-electron chi connectivity index (χ4n) is 5.61. The van der Waals surface area contributed by atoms with Gasteiger partial charge in [-0.2, -0.15) is 0 Å². The van der Waals surface area contributed by atoms with Crippen LogP contribution in [0.25, 0.3) is 6.08 Å². The molecule has 6 nitrogen and oxygen atoms in total. The van der Waals surface area contributed by atoms with Crippen molar-refractivity contribution in [3.05, 3.63) is 102 Å². The van der Waals surface area contributed by atoms with Gasteiger partial charge in [0.15, 0.2) is 5.78 Å². The SMILES string of the molecule is COc1ccc(C(=O)[C@@H]2[C@@H]3C(=O)N(c4ccccc4)C(=O)[C@@H]3[C@@H]3c4ccccc4C=CN23)cc1. The first-order valence-corrected chi connectivity index (χ1v) is 11.3. The lowest BCUT2D eigenvalue weighted by atomic mass is 9.83. The second kappa shape index (κ2) is 7.70. The summed E-state index contributed by atoms with van der Waals surface area (Å²) in [6.07, 6.45) is 3.82. The van der Waals surface area contributed by atoms with Crippen molar-refractivity contribution in [2.75, 3.05) is 12.0 Å². The van der Waals surface area contributed by atoms with Gasteiger partial charge in [0, 0.05) is 11.8 Å². The summed E-state index contributed by atoms with van der Waals surface area (Å²) in [4.78, 5) is 44.6. The molecule has 6 rings (SSSR count). The number of para-hydroxylation sites is 1. The largest absolute Gasteiger partial charge is 0.497 e. The number of ether oxygens (including phenoxy) is 1. The molecule has 0 unspecified atom stereocenters. The number of carbonyl (C=O) groups excluding carboxylic acids is 3. The van der Waals surface area contributed by atoms with Crippen LogP contribution in [0.2, 0.25) is 0 Å². The van der Waals surface area contributed by atoms with E-state index in [9.17, 15) is 14.4 Å². The van der Waals surface area contributed by atoms with Crippen LogP contribution in [0.1, 0.15) is 27.5 Å². The highest BCUT2D eigenvalue weighted by Crippen LogP contribution is 2.53. The van der Waals surface area contributed by atoms with Crippen molar-refractivity contribution in [1.82, 2.24) is 4.90 Å². The smallest absolute Gasteiger partial charge is 0.240 e. The van der Waals surface area contributed by atoms with Crippen LogP contribution in [0.15, 0.2) is 85.1 Å². The standard InChI is InChI=1S/C28H22N2O4/c1-34-20-13-11-18(12-14-20)26(31)25-23-22(24-21-10-6-5-7-17(21)15-16-29(24)25)27(32)30(28(23)33)19-8-3-2-4-9-19/h2-16,22-25H,1H3/t22-,23+,24-,25-/m0/s1. The van der Waals surface area contributed by atoms with Crippen LogP contribution in [0, 0.1) is 11.8 Å². The Kier molecular flexibility index (Phi) is 4.62. The highest BCUT2D eigenvalue weighted by molar-refractivity contribution is 6.24. The van der Waals surface area contributed by atoms with Gasteiger partial charge in [0.05, 0.1) is 30.7 Å². The number of benzene rings is 3. The van der Waals surface area contributed by atoms with Gasteiger partial charge in [-0.25, -0.2) is 4.90 Å². The van der Waals surface area contributed by atoms with Gasteiger partial charge in [0.2, 0.25) is 11.8 Å². The quantitative estimate of drug-likeness (QED) is 0.442. The number of anilines is 1. The van der Waals surface area contributed by atoms with Crippen molar-refractivity contribution >= 4 is 29.4 Å². The van der Waals surface area contributed by atoms with Gasteiger partial charge in [0.1, 0.15) is 11.8 Å². The molecule has 0 radical (unpaired) electrons. The number of ketones is 1. The summed E-state index contributed by atoms with van der Waals surface area (Å²) < 4.78 is 5.22. The second-order valence-electron chi connectivity index (χ2n) is 8.77. The van der Waals surface area contributed by atoms with Gasteiger partial charge in [-0.15, -0.1) is 0 Å². The van der Waals surface area contributed by atoms with Crippen LogP contribution in [0.4, 0.5) is 5.69 Å². The Morgan fingerprint density at radius 2 is 1.50 bits per heavy atom. The fourth-order valence-corrected chi connectivity index (χ4v) is 5.61. The number of Topliss-reactive ketones (excluding diaryl/α,β-unsaturated/α-hetero) is 1. The Labute approximate surface area is 197 Å². The van der Waals surface area contributed by atoms with Gasteiger partial charge >= 0.3 is 0 Å². The molecule has 34 heavy (non-hydrogen) atoms. The number of methoxy groups -OCH3 is 1.